The van der Waals surface area contributed by atoms with E-state index in [2.05, 4.69) is 25.7 Å². The summed E-state index contributed by atoms with van der Waals surface area (Å²) in [6.07, 6.45) is -1.92. The first-order valence-corrected chi connectivity index (χ1v) is 9.56. The highest BCUT2D eigenvalue weighted by atomic mass is 19.4. The lowest BCUT2D eigenvalue weighted by Crippen LogP contribution is -2.49. The number of rotatable bonds is 5. The van der Waals surface area contributed by atoms with Gasteiger partial charge in [0.2, 0.25) is 11.9 Å². The standard InChI is InChI=1S/C18H22F3N7O2/c1-9-14-15(27(2)12(8-29)16(30)25-14)26-17(23-9)24-11-5-10(6-11)7-28-13(3-4-22-28)18(19,20)21/h3-4,10-12,29H,5-8H2,1-2H3,(H,25,30)(H,23,24,26). The van der Waals surface area contributed by atoms with Crippen molar-refractivity contribution < 1.29 is 23.1 Å². The van der Waals surface area contributed by atoms with Gasteiger partial charge in [-0.05, 0) is 31.7 Å². The lowest BCUT2D eigenvalue weighted by Gasteiger charge is -2.37. The molecule has 2 aromatic heterocycles. The quantitative estimate of drug-likeness (QED) is 0.668. The number of aliphatic hydroxyl groups is 1. The maximum absolute atomic E-state index is 13.0. The molecule has 30 heavy (non-hydrogen) atoms. The number of aromatic nitrogens is 4. The zero-order valence-electron chi connectivity index (χ0n) is 16.4. The molecule has 1 aliphatic carbocycles. The van der Waals surface area contributed by atoms with Gasteiger partial charge >= 0.3 is 6.18 Å². The Hall–Kier alpha value is -2.89. The number of hydrogen-bond donors (Lipinski definition) is 3. The maximum Gasteiger partial charge on any atom is 0.433 e. The topological polar surface area (TPSA) is 108 Å². The number of likely N-dealkylation sites (N-methyl/N-ethyl adjacent to an activating group) is 1. The van der Waals surface area contributed by atoms with E-state index in [0.717, 1.165) is 16.9 Å². The number of carbonyl (C=O) groups excluding carboxylic acids is 1. The molecule has 1 fully saturated rings. The molecule has 1 amide bonds. The fraction of sp³-hybridized carbons (Fsp3) is 0.556. The highest BCUT2D eigenvalue weighted by Gasteiger charge is 2.38. The second-order valence-corrected chi connectivity index (χ2v) is 7.70. The molecule has 3 N–H and O–H groups in total. The fourth-order valence-electron chi connectivity index (χ4n) is 3.91. The van der Waals surface area contributed by atoms with Crippen molar-refractivity contribution in [2.45, 2.75) is 44.6 Å². The molecule has 4 rings (SSSR count). The maximum atomic E-state index is 13.0. The normalized spacial score (nSPS) is 23.6. The number of aryl methyl sites for hydroxylation is 1. The average molecular weight is 425 g/mol. The summed E-state index contributed by atoms with van der Waals surface area (Å²) < 4.78 is 39.9. The molecule has 1 atom stereocenters. The zero-order valence-corrected chi connectivity index (χ0v) is 16.4. The van der Waals surface area contributed by atoms with Crippen molar-refractivity contribution in [1.29, 1.82) is 0 Å². The van der Waals surface area contributed by atoms with E-state index in [1.807, 2.05) is 0 Å². The summed E-state index contributed by atoms with van der Waals surface area (Å²) in [5.41, 5.74) is 0.347. The molecule has 0 saturated heterocycles. The predicted molar refractivity (Wildman–Crippen MR) is 102 cm³/mol. The van der Waals surface area contributed by atoms with Crippen molar-refractivity contribution in [2.75, 3.05) is 29.2 Å². The van der Waals surface area contributed by atoms with E-state index < -0.39 is 17.9 Å². The van der Waals surface area contributed by atoms with Gasteiger partial charge in [0.05, 0.1) is 12.3 Å². The van der Waals surface area contributed by atoms with Gasteiger partial charge in [0.15, 0.2) is 5.82 Å². The second-order valence-electron chi connectivity index (χ2n) is 7.70. The largest absolute Gasteiger partial charge is 0.433 e. The van der Waals surface area contributed by atoms with Crippen molar-refractivity contribution in [2.24, 2.45) is 5.92 Å². The molecule has 2 aliphatic rings. The number of amides is 1. The molecule has 3 heterocycles. The molecule has 0 bridgehead atoms. The second kappa shape index (κ2) is 7.42. The molecule has 1 aliphatic heterocycles. The minimum absolute atomic E-state index is 0.0366. The third-order valence-corrected chi connectivity index (χ3v) is 5.60. The van der Waals surface area contributed by atoms with Crippen LogP contribution in [0.5, 0.6) is 0 Å². The van der Waals surface area contributed by atoms with Crippen LogP contribution in [0.15, 0.2) is 12.3 Å². The average Bonchev–Trinajstić information content (AvgIpc) is 3.10. The highest BCUT2D eigenvalue weighted by molar-refractivity contribution is 6.03. The van der Waals surface area contributed by atoms with Crippen LogP contribution >= 0.6 is 0 Å². The van der Waals surface area contributed by atoms with E-state index in [9.17, 15) is 23.1 Å². The Kier molecular flexibility index (Phi) is 5.04. The van der Waals surface area contributed by atoms with Crippen molar-refractivity contribution in [3.63, 3.8) is 0 Å². The summed E-state index contributed by atoms with van der Waals surface area (Å²) in [5.74, 6) is 0.636. The van der Waals surface area contributed by atoms with Gasteiger partial charge in [0.1, 0.15) is 17.4 Å². The first kappa shape index (κ1) is 20.4. The van der Waals surface area contributed by atoms with Gasteiger partial charge in [0, 0.05) is 25.8 Å². The van der Waals surface area contributed by atoms with Crippen molar-refractivity contribution in [3.05, 3.63) is 23.7 Å². The van der Waals surface area contributed by atoms with Crippen LogP contribution in [0.25, 0.3) is 0 Å². The molecule has 9 nitrogen and oxygen atoms in total. The molecule has 0 spiro atoms. The minimum Gasteiger partial charge on any atom is -0.394 e. The third kappa shape index (κ3) is 3.66. The number of alkyl halides is 3. The van der Waals surface area contributed by atoms with Crippen LogP contribution in [-0.2, 0) is 17.5 Å². The fourth-order valence-corrected chi connectivity index (χ4v) is 3.91. The van der Waals surface area contributed by atoms with Gasteiger partial charge in [-0.15, -0.1) is 0 Å². The van der Waals surface area contributed by atoms with E-state index in [1.54, 1.807) is 18.9 Å². The molecule has 0 aromatic carbocycles. The smallest absolute Gasteiger partial charge is 0.394 e. The summed E-state index contributed by atoms with van der Waals surface area (Å²) in [7, 11) is 1.68. The van der Waals surface area contributed by atoms with E-state index >= 15 is 0 Å². The van der Waals surface area contributed by atoms with Crippen molar-refractivity contribution in [1.82, 2.24) is 19.7 Å². The Labute approximate surface area is 170 Å². The van der Waals surface area contributed by atoms with Crippen LogP contribution < -0.4 is 15.5 Å². The number of anilines is 3. The number of aliphatic hydroxyl groups excluding tert-OH is 1. The summed E-state index contributed by atoms with van der Waals surface area (Å²) in [6.45, 7) is 1.61. The SMILES string of the molecule is Cc1nc(NC2CC(Cn3nccc3C(F)(F)F)C2)nc2c1NC(=O)C(CO)N2C. The van der Waals surface area contributed by atoms with Crippen LogP contribution in [0.3, 0.4) is 0 Å². The summed E-state index contributed by atoms with van der Waals surface area (Å²) in [4.78, 5) is 22.5. The van der Waals surface area contributed by atoms with Crippen molar-refractivity contribution in [3.8, 4) is 0 Å². The molecule has 162 valence electrons. The number of nitrogens with one attached hydrogen (secondary N) is 2. The molecule has 0 radical (unpaired) electrons. The molecule has 2 aromatic rings. The molecular weight excluding hydrogens is 403 g/mol. The minimum atomic E-state index is -4.42. The van der Waals surface area contributed by atoms with E-state index in [4.69, 9.17) is 0 Å². The van der Waals surface area contributed by atoms with Crippen LogP contribution in [-0.4, -0.2) is 56.5 Å². The van der Waals surface area contributed by atoms with E-state index in [0.29, 0.717) is 36.0 Å². The van der Waals surface area contributed by atoms with Gasteiger partial charge in [-0.2, -0.15) is 23.3 Å². The van der Waals surface area contributed by atoms with E-state index in [1.165, 1.54) is 0 Å². The summed E-state index contributed by atoms with van der Waals surface area (Å²) >= 11 is 0. The number of carbonyl (C=O) groups is 1. The lowest BCUT2D eigenvalue weighted by molar-refractivity contribution is -0.144. The van der Waals surface area contributed by atoms with Crippen LogP contribution in [0.1, 0.15) is 24.2 Å². The Balaban J connectivity index is 1.40. The number of nitrogens with zero attached hydrogens (tertiary/aromatic N) is 5. The number of hydrogen-bond acceptors (Lipinski definition) is 7. The number of halogens is 3. The van der Waals surface area contributed by atoms with Gasteiger partial charge < -0.3 is 20.6 Å². The Morgan fingerprint density at radius 1 is 1.33 bits per heavy atom. The molecule has 1 saturated carbocycles. The number of fused-ring (bicyclic) bond motifs is 1. The first-order valence-electron chi connectivity index (χ1n) is 9.56. The lowest BCUT2D eigenvalue weighted by atomic mass is 9.80. The third-order valence-electron chi connectivity index (χ3n) is 5.60. The summed E-state index contributed by atoms with van der Waals surface area (Å²) in [6, 6.07) is 0.284. The van der Waals surface area contributed by atoms with E-state index in [-0.39, 0.29) is 31.0 Å². The van der Waals surface area contributed by atoms with Gasteiger partial charge in [0.25, 0.3) is 0 Å². The van der Waals surface area contributed by atoms with Crippen LogP contribution in [0.4, 0.5) is 30.6 Å². The predicted octanol–water partition coefficient (Wildman–Crippen LogP) is 1.64. The Bertz CT molecular complexity index is 956. The monoisotopic (exact) mass is 425 g/mol. The van der Waals surface area contributed by atoms with Crippen LogP contribution in [0.2, 0.25) is 0 Å². The first-order chi connectivity index (χ1) is 14.2. The van der Waals surface area contributed by atoms with Crippen molar-refractivity contribution >= 4 is 23.4 Å². The van der Waals surface area contributed by atoms with Gasteiger partial charge in [-0.1, -0.05) is 0 Å². The zero-order chi connectivity index (χ0) is 21.6. The molecule has 12 heteroatoms. The Morgan fingerprint density at radius 2 is 2.07 bits per heavy atom. The Morgan fingerprint density at radius 3 is 2.73 bits per heavy atom. The van der Waals surface area contributed by atoms with Gasteiger partial charge in [-0.25, -0.2) is 4.98 Å². The molecule has 1 unspecified atom stereocenters. The molecular formula is C18H22F3N7O2. The summed E-state index contributed by atoms with van der Waals surface area (Å²) in [5, 5.41) is 19.2. The van der Waals surface area contributed by atoms with Gasteiger partial charge in [-0.3, -0.25) is 9.48 Å². The highest BCUT2D eigenvalue weighted by Crippen LogP contribution is 2.36. The van der Waals surface area contributed by atoms with Crippen LogP contribution in [0, 0.1) is 12.8 Å².